The molecule has 2 atom stereocenters. The summed E-state index contributed by atoms with van der Waals surface area (Å²) in [7, 11) is -4.28. The lowest BCUT2D eigenvalue weighted by Crippen LogP contribution is -2.45. The molecule has 0 radical (unpaired) electrons. The maximum atomic E-state index is 10.4. The zero-order chi connectivity index (χ0) is 10.6. The molecule has 8 heteroatoms. The van der Waals surface area contributed by atoms with Gasteiger partial charge in [0, 0.05) is 0 Å². The minimum absolute atomic E-state index is 0.769. The van der Waals surface area contributed by atoms with Crippen molar-refractivity contribution in [2.75, 3.05) is 6.29 Å². The molecule has 0 saturated heterocycles. The van der Waals surface area contributed by atoms with Crippen molar-refractivity contribution in [2.45, 2.75) is 19.1 Å². The second kappa shape index (κ2) is 4.69. The third kappa shape index (κ3) is 5.73. The van der Waals surface area contributed by atoms with Crippen molar-refractivity contribution in [3.63, 3.8) is 0 Å². The Morgan fingerprint density at radius 1 is 1.54 bits per heavy atom. The summed E-state index contributed by atoms with van der Waals surface area (Å²) in [5, 5.41) is 19.4. The van der Waals surface area contributed by atoms with Crippen LogP contribution in [0.25, 0.3) is 0 Å². The number of carboxylic acids is 1. The lowest BCUT2D eigenvalue weighted by Gasteiger charge is -2.16. The van der Waals surface area contributed by atoms with Gasteiger partial charge in [-0.2, -0.15) is 0 Å². The van der Waals surface area contributed by atoms with Gasteiger partial charge < -0.3 is 20.0 Å². The Labute approximate surface area is 74.6 Å². The summed E-state index contributed by atoms with van der Waals surface area (Å²) in [5.41, 5.74) is 0. The van der Waals surface area contributed by atoms with Crippen LogP contribution in [0.15, 0.2) is 0 Å². The molecule has 0 bridgehead atoms. The Morgan fingerprint density at radius 3 is 2.23 bits per heavy atom. The predicted molar refractivity (Wildman–Crippen MR) is 43.2 cm³/mol. The molecule has 13 heavy (non-hydrogen) atoms. The summed E-state index contributed by atoms with van der Waals surface area (Å²) in [6, 6.07) is -1.37. The Bertz CT molecular complexity index is 223. The molecule has 7 nitrogen and oxygen atoms in total. The molecule has 0 unspecified atom stereocenters. The first kappa shape index (κ1) is 12.5. The normalized spacial score (nSPS) is 16.6. The van der Waals surface area contributed by atoms with Gasteiger partial charge in [-0.15, -0.1) is 0 Å². The molecule has 78 valence electrons. The molecule has 0 rings (SSSR count). The summed E-state index contributed by atoms with van der Waals surface area (Å²) < 4.78 is 10.3. The zero-order valence-corrected chi connectivity index (χ0v) is 7.81. The smallest absolute Gasteiger partial charge is 0.339 e. The second-order valence-corrected chi connectivity index (χ2v) is 4.23. The fourth-order valence-corrected chi connectivity index (χ4v) is 1.12. The molecule has 0 fully saturated rings. The molecule has 0 saturated carbocycles. The first-order valence-electron chi connectivity index (χ1n) is 3.43. The molecule has 0 amide bonds. The van der Waals surface area contributed by atoms with Crippen molar-refractivity contribution in [1.82, 2.24) is 5.32 Å². The third-order valence-corrected chi connectivity index (χ3v) is 1.86. The van der Waals surface area contributed by atoms with Gasteiger partial charge in [0.2, 0.25) is 0 Å². The van der Waals surface area contributed by atoms with Gasteiger partial charge in [0.05, 0.1) is 12.4 Å². The molecular weight excluding hydrogens is 201 g/mol. The fraction of sp³-hybridized carbons (Fsp3) is 0.800. The number of rotatable bonds is 5. The fourth-order valence-electron chi connectivity index (χ4n) is 0.681. The van der Waals surface area contributed by atoms with Crippen LogP contribution < -0.4 is 5.32 Å². The van der Waals surface area contributed by atoms with Gasteiger partial charge in [-0.1, -0.05) is 0 Å². The molecule has 0 aromatic carbocycles. The van der Waals surface area contributed by atoms with Gasteiger partial charge in [-0.3, -0.25) is 14.7 Å². The minimum Gasteiger partial charge on any atom is -0.480 e. The minimum atomic E-state index is -4.28. The summed E-state index contributed by atoms with van der Waals surface area (Å²) in [5.74, 6) is -1.36. The zero-order valence-electron chi connectivity index (χ0n) is 6.91. The quantitative estimate of drug-likeness (QED) is 0.353. The lowest BCUT2D eigenvalue weighted by molar-refractivity contribution is -0.142. The van der Waals surface area contributed by atoms with Gasteiger partial charge in [-0.05, 0) is 6.92 Å². The van der Waals surface area contributed by atoms with Crippen LogP contribution in [0.5, 0.6) is 0 Å². The third-order valence-electron chi connectivity index (χ3n) is 1.27. The molecule has 0 aromatic rings. The van der Waals surface area contributed by atoms with Crippen LogP contribution in [0.4, 0.5) is 0 Å². The van der Waals surface area contributed by atoms with Gasteiger partial charge in [0.15, 0.2) is 0 Å². The second-order valence-electron chi connectivity index (χ2n) is 2.58. The Morgan fingerprint density at radius 2 is 2.00 bits per heavy atom. The maximum Gasteiger partial charge on any atom is 0.339 e. The topological polar surface area (TPSA) is 127 Å². The van der Waals surface area contributed by atoms with Crippen molar-refractivity contribution in [1.29, 1.82) is 0 Å². The largest absolute Gasteiger partial charge is 0.480 e. The van der Waals surface area contributed by atoms with E-state index in [9.17, 15) is 9.36 Å². The lowest BCUT2D eigenvalue weighted by atomic mass is 10.2. The van der Waals surface area contributed by atoms with E-state index in [1.54, 1.807) is 0 Å². The van der Waals surface area contributed by atoms with E-state index in [1.165, 1.54) is 6.92 Å². The van der Waals surface area contributed by atoms with Crippen LogP contribution in [-0.4, -0.2) is 44.4 Å². The first-order chi connectivity index (χ1) is 5.74. The molecular formula is C5H12NO6P. The van der Waals surface area contributed by atoms with Gasteiger partial charge in [-0.25, -0.2) is 0 Å². The standard InChI is InChI=1S/C5H12NO6P/c1-3(7)4(5(8)9)6-2-13(10,11)12/h3-4,6-7H,2H2,1H3,(H,8,9)(H2,10,11,12)/t3-,4-/m0/s1. The first-order valence-corrected chi connectivity index (χ1v) is 5.22. The van der Waals surface area contributed by atoms with E-state index in [0.717, 1.165) is 0 Å². The van der Waals surface area contributed by atoms with Crippen molar-refractivity contribution in [3.05, 3.63) is 0 Å². The van der Waals surface area contributed by atoms with E-state index in [4.69, 9.17) is 20.0 Å². The van der Waals surface area contributed by atoms with Crippen LogP contribution in [0.1, 0.15) is 6.92 Å². The van der Waals surface area contributed by atoms with Crippen molar-refractivity contribution in [2.24, 2.45) is 0 Å². The number of aliphatic hydroxyl groups excluding tert-OH is 1. The number of aliphatic hydroxyl groups is 1. The van der Waals surface area contributed by atoms with Crippen LogP contribution in [0.3, 0.4) is 0 Å². The number of aliphatic carboxylic acids is 1. The molecule has 5 N–H and O–H groups in total. The molecule has 0 heterocycles. The molecule has 0 aliphatic rings. The highest BCUT2D eigenvalue weighted by atomic mass is 31.2. The predicted octanol–water partition coefficient (Wildman–Crippen LogP) is -1.45. The van der Waals surface area contributed by atoms with E-state index < -0.39 is 32.0 Å². The monoisotopic (exact) mass is 213 g/mol. The van der Waals surface area contributed by atoms with Gasteiger partial charge >= 0.3 is 13.6 Å². The average Bonchev–Trinajstić information content (AvgIpc) is 1.82. The number of carboxylic acid groups (broad SMARTS) is 1. The summed E-state index contributed by atoms with van der Waals surface area (Å²) in [6.07, 6.45) is -1.99. The Balaban J connectivity index is 4.14. The van der Waals surface area contributed by atoms with E-state index in [1.807, 2.05) is 5.32 Å². The van der Waals surface area contributed by atoms with Crippen LogP contribution >= 0.6 is 7.60 Å². The highest BCUT2D eigenvalue weighted by Gasteiger charge is 2.25. The van der Waals surface area contributed by atoms with E-state index in [-0.39, 0.29) is 0 Å². The molecule has 0 spiro atoms. The van der Waals surface area contributed by atoms with E-state index in [2.05, 4.69) is 0 Å². The van der Waals surface area contributed by atoms with E-state index in [0.29, 0.717) is 0 Å². The summed E-state index contributed by atoms with van der Waals surface area (Å²) in [6.45, 7) is 1.21. The highest BCUT2D eigenvalue weighted by molar-refractivity contribution is 7.51. The SMILES string of the molecule is C[C@H](O)[C@H](NCP(=O)(O)O)C(=O)O. The summed E-state index contributed by atoms with van der Waals surface area (Å²) in [4.78, 5) is 27.2. The Hall–Kier alpha value is -0.460. The molecule has 0 aromatic heterocycles. The van der Waals surface area contributed by atoms with E-state index >= 15 is 0 Å². The van der Waals surface area contributed by atoms with Crippen molar-refractivity contribution >= 4 is 13.6 Å². The number of hydrogen-bond donors (Lipinski definition) is 5. The summed E-state index contributed by atoms with van der Waals surface area (Å²) >= 11 is 0. The average molecular weight is 213 g/mol. The van der Waals surface area contributed by atoms with Crippen LogP contribution in [0, 0.1) is 0 Å². The van der Waals surface area contributed by atoms with Gasteiger partial charge in [0.1, 0.15) is 6.04 Å². The number of hydrogen-bond acceptors (Lipinski definition) is 4. The van der Waals surface area contributed by atoms with Crippen molar-refractivity contribution < 1.29 is 29.4 Å². The maximum absolute atomic E-state index is 10.4. The number of carbonyl (C=O) groups is 1. The van der Waals surface area contributed by atoms with Gasteiger partial charge in [0.25, 0.3) is 0 Å². The highest BCUT2D eigenvalue weighted by Crippen LogP contribution is 2.32. The van der Waals surface area contributed by atoms with Crippen LogP contribution in [-0.2, 0) is 9.36 Å². The molecule has 0 aliphatic carbocycles. The van der Waals surface area contributed by atoms with Crippen LogP contribution in [0.2, 0.25) is 0 Å². The molecule has 0 aliphatic heterocycles. The number of nitrogens with one attached hydrogen (secondary N) is 1. The Kier molecular flexibility index (Phi) is 4.52. The van der Waals surface area contributed by atoms with Crippen molar-refractivity contribution in [3.8, 4) is 0 Å².